The molecule has 88 valence electrons. The fraction of sp³-hybridized carbons (Fsp3) is 0.182. The van der Waals surface area contributed by atoms with Crippen molar-refractivity contribution in [2.24, 2.45) is 5.73 Å². The SMILES string of the molecule is NC(=S)c1ccnc(NCCc2nccs2)c1. The molecule has 0 fully saturated rings. The number of pyridine rings is 1. The first kappa shape index (κ1) is 11.9. The number of hydrogen-bond donors (Lipinski definition) is 2. The van der Waals surface area contributed by atoms with Crippen LogP contribution in [0.2, 0.25) is 0 Å². The quantitative estimate of drug-likeness (QED) is 0.807. The van der Waals surface area contributed by atoms with Gasteiger partial charge in [-0.3, -0.25) is 0 Å². The van der Waals surface area contributed by atoms with Crippen molar-refractivity contribution >= 4 is 34.4 Å². The van der Waals surface area contributed by atoms with Gasteiger partial charge in [-0.15, -0.1) is 11.3 Å². The lowest BCUT2D eigenvalue weighted by molar-refractivity contribution is 0.987. The minimum atomic E-state index is 0.385. The second-order valence-electron chi connectivity index (χ2n) is 3.40. The van der Waals surface area contributed by atoms with Crippen LogP contribution in [0.4, 0.5) is 5.82 Å². The lowest BCUT2D eigenvalue weighted by Crippen LogP contribution is -2.11. The van der Waals surface area contributed by atoms with Gasteiger partial charge in [0.2, 0.25) is 0 Å². The van der Waals surface area contributed by atoms with E-state index in [1.807, 2.05) is 17.6 Å². The summed E-state index contributed by atoms with van der Waals surface area (Å²) in [6, 6.07) is 3.65. The van der Waals surface area contributed by atoms with Crippen molar-refractivity contribution < 1.29 is 0 Å². The lowest BCUT2D eigenvalue weighted by Gasteiger charge is -2.05. The molecule has 0 aliphatic heterocycles. The first-order valence-electron chi connectivity index (χ1n) is 5.14. The number of anilines is 1. The number of thiazole rings is 1. The van der Waals surface area contributed by atoms with Gasteiger partial charge in [-0.25, -0.2) is 9.97 Å². The molecule has 4 nitrogen and oxygen atoms in total. The Morgan fingerprint density at radius 2 is 2.29 bits per heavy atom. The number of rotatable bonds is 5. The fourth-order valence-electron chi connectivity index (χ4n) is 1.35. The van der Waals surface area contributed by atoms with Gasteiger partial charge in [0, 0.05) is 36.3 Å². The van der Waals surface area contributed by atoms with Gasteiger partial charge in [-0.2, -0.15) is 0 Å². The molecule has 2 heterocycles. The largest absolute Gasteiger partial charge is 0.389 e. The average Bonchev–Trinajstić information content (AvgIpc) is 2.82. The van der Waals surface area contributed by atoms with Gasteiger partial charge in [-0.05, 0) is 12.1 Å². The third kappa shape index (κ3) is 3.47. The molecule has 0 spiro atoms. The number of thiocarbonyl (C=S) groups is 1. The summed E-state index contributed by atoms with van der Waals surface area (Å²) < 4.78 is 0. The third-order valence-corrected chi connectivity index (χ3v) is 3.25. The highest BCUT2D eigenvalue weighted by Gasteiger charge is 2.00. The molecule has 0 aliphatic rings. The predicted octanol–water partition coefficient (Wildman–Crippen LogP) is 1.83. The summed E-state index contributed by atoms with van der Waals surface area (Å²) >= 11 is 6.57. The molecule has 0 bridgehead atoms. The Balaban J connectivity index is 1.90. The summed E-state index contributed by atoms with van der Waals surface area (Å²) in [5.41, 5.74) is 6.38. The monoisotopic (exact) mass is 264 g/mol. The van der Waals surface area contributed by atoms with Crippen molar-refractivity contribution in [2.45, 2.75) is 6.42 Å². The van der Waals surface area contributed by atoms with E-state index in [0.29, 0.717) is 4.99 Å². The molecule has 2 rings (SSSR count). The third-order valence-electron chi connectivity index (χ3n) is 2.17. The van der Waals surface area contributed by atoms with E-state index in [9.17, 15) is 0 Å². The minimum Gasteiger partial charge on any atom is -0.389 e. The van der Waals surface area contributed by atoms with E-state index in [0.717, 1.165) is 29.4 Å². The van der Waals surface area contributed by atoms with Crippen LogP contribution >= 0.6 is 23.6 Å². The standard InChI is InChI=1S/C11H12N4S2/c12-11(16)8-1-3-13-9(7-8)14-4-2-10-15-5-6-17-10/h1,3,5-7H,2,4H2,(H2,12,16)(H,13,14). The van der Waals surface area contributed by atoms with E-state index in [1.165, 1.54) is 0 Å². The van der Waals surface area contributed by atoms with E-state index in [1.54, 1.807) is 23.6 Å². The second kappa shape index (κ2) is 5.70. The Morgan fingerprint density at radius 1 is 1.41 bits per heavy atom. The number of nitrogens with one attached hydrogen (secondary N) is 1. The molecule has 17 heavy (non-hydrogen) atoms. The van der Waals surface area contributed by atoms with Crippen molar-refractivity contribution in [3.8, 4) is 0 Å². The molecular formula is C11H12N4S2. The molecule has 0 radical (unpaired) electrons. The highest BCUT2D eigenvalue weighted by molar-refractivity contribution is 7.80. The topological polar surface area (TPSA) is 63.8 Å². The van der Waals surface area contributed by atoms with Gasteiger partial charge in [0.1, 0.15) is 10.8 Å². The number of aromatic nitrogens is 2. The molecule has 6 heteroatoms. The molecule has 0 aliphatic carbocycles. The lowest BCUT2D eigenvalue weighted by atomic mass is 10.2. The van der Waals surface area contributed by atoms with Gasteiger partial charge in [0.15, 0.2) is 0 Å². The molecule has 0 saturated heterocycles. The van der Waals surface area contributed by atoms with Crippen LogP contribution in [0.5, 0.6) is 0 Å². The number of nitrogens with zero attached hydrogens (tertiary/aromatic N) is 2. The molecule has 0 saturated carbocycles. The van der Waals surface area contributed by atoms with Crippen LogP contribution in [0, 0.1) is 0 Å². The van der Waals surface area contributed by atoms with Crippen molar-refractivity contribution in [1.82, 2.24) is 9.97 Å². The van der Waals surface area contributed by atoms with E-state index in [2.05, 4.69) is 15.3 Å². The maximum Gasteiger partial charge on any atom is 0.126 e. The summed E-state index contributed by atoms with van der Waals surface area (Å²) in [5.74, 6) is 0.784. The average molecular weight is 264 g/mol. The van der Waals surface area contributed by atoms with Crippen molar-refractivity contribution in [1.29, 1.82) is 0 Å². The molecular weight excluding hydrogens is 252 g/mol. The van der Waals surface area contributed by atoms with Gasteiger partial charge < -0.3 is 11.1 Å². The number of nitrogens with two attached hydrogens (primary N) is 1. The van der Waals surface area contributed by atoms with Gasteiger partial charge in [0.25, 0.3) is 0 Å². The van der Waals surface area contributed by atoms with Gasteiger partial charge in [-0.1, -0.05) is 12.2 Å². The van der Waals surface area contributed by atoms with Crippen molar-refractivity contribution in [3.05, 3.63) is 40.5 Å². The van der Waals surface area contributed by atoms with E-state index < -0.39 is 0 Å². The zero-order valence-corrected chi connectivity index (χ0v) is 10.7. The highest BCUT2D eigenvalue weighted by Crippen LogP contribution is 2.08. The first-order chi connectivity index (χ1) is 8.25. The van der Waals surface area contributed by atoms with Crippen molar-refractivity contribution in [3.63, 3.8) is 0 Å². The maximum absolute atomic E-state index is 5.56. The minimum absolute atomic E-state index is 0.385. The predicted molar refractivity (Wildman–Crippen MR) is 74.4 cm³/mol. The van der Waals surface area contributed by atoms with Crippen LogP contribution in [0.15, 0.2) is 29.9 Å². The Kier molecular flexibility index (Phi) is 4.00. The van der Waals surface area contributed by atoms with Crippen LogP contribution in [0.25, 0.3) is 0 Å². The molecule has 0 aromatic carbocycles. The molecule has 3 N–H and O–H groups in total. The van der Waals surface area contributed by atoms with Crippen molar-refractivity contribution in [2.75, 3.05) is 11.9 Å². The number of hydrogen-bond acceptors (Lipinski definition) is 5. The normalized spacial score (nSPS) is 10.1. The van der Waals surface area contributed by atoms with Gasteiger partial charge >= 0.3 is 0 Å². The zero-order valence-electron chi connectivity index (χ0n) is 9.09. The second-order valence-corrected chi connectivity index (χ2v) is 4.82. The summed E-state index contributed by atoms with van der Waals surface area (Å²) in [4.78, 5) is 8.79. The smallest absolute Gasteiger partial charge is 0.126 e. The Morgan fingerprint density at radius 3 is 3.00 bits per heavy atom. The Bertz CT molecular complexity index is 496. The summed E-state index contributed by atoms with van der Waals surface area (Å²) in [5, 5.41) is 6.31. The summed E-state index contributed by atoms with van der Waals surface area (Å²) in [6.07, 6.45) is 4.39. The molecule has 0 unspecified atom stereocenters. The fourth-order valence-corrected chi connectivity index (χ4v) is 2.10. The van der Waals surface area contributed by atoms with Crippen LogP contribution in [0.3, 0.4) is 0 Å². The Hall–Kier alpha value is -1.53. The first-order valence-corrected chi connectivity index (χ1v) is 6.42. The van der Waals surface area contributed by atoms with Gasteiger partial charge in [0.05, 0.1) is 5.01 Å². The molecule has 0 atom stereocenters. The molecule has 2 aromatic rings. The zero-order chi connectivity index (χ0) is 12.1. The summed E-state index contributed by atoms with van der Waals surface area (Å²) in [6.45, 7) is 0.793. The maximum atomic E-state index is 5.56. The Labute approximate surface area is 109 Å². The van der Waals surface area contributed by atoms with Crippen LogP contribution in [-0.4, -0.2) is 21.5 Å². The van der Waals surface area contributed by atoms with Crippen LogP contribution < -0.4 is 11.1 Å². The van der Waals surface area contributed by atoms with E-state index in [-0.39, 0.29) is 0 Å². The molecule has 2 aromatic heterocycles. The van der Waals surface area contributed by atoms with E-state index in [4.69, 9.17) is 18.0 Å². The molecule has 0 amide bonds. The highest BCUT2D eigenvalue weighted by atomic mass is 32.1. The van der Waals surface area contributed by atoms with Crippen LogP contribution in [0.1, 0.15) is 10.6 Å². The van der Waals surface area contributed by atoms with Crippen LogP contribution in [-0.2, 0) is 6.42 Å². The van der Waals surface area contributed by atoms with E-state index >= 15 is 0 Å². The summed E-state index contributed by atoms with van der Waals surface area (Å²) in [7, 11) is 0.